The van der Waals surface area contributed by atoms with E-state index in [1.807, 2.05) is 30.3 Å². The minimum absolute atomic E-state index is 0. The zero-order valence-electron chi connectivity index (χ0n) is 39.9. The summed E-state index contributed by atoms with van der Waals surface area (Å²) in [6.45, 7) is 1.04. The molecular weight excluding hydrogens is 899 g/mol. The Morgan fingerprint density at radius 3 is 2.24 bits per heavy atom. The van der Waals surface area contributed by atoms with Gasteiger partial charge in [0.25, 0.3) is 0 Å². The first-order valence-corrected chi connectivity index (χ1v) is 21.4. The SMILES string of the molecule is [2H]C([2H])([2H])c1ccc(-c2[c-]ccc3c2oc2nc(-c4ccc(C5CC[C@]6(C)[C@H](CC[C@@H]7[C@H]8CCC[C@@]8(C)CC[C@H]76)C5)cc4)ccc23)nc1.[2H]C([2H])([2H])c1ccc(-c2[c-]cccc2)nc1.[Ir]. The van der Waals surface area contributed by atoms with E-state index in [4.69, 9.17) is 17.6 Å². The molecule has 1 radical (unpaired) electrons. The van der Waals surface area contributed by atoms with Crippen LogP contribution >= 0.6 is 0 Å². The van der Waals surface area contributed by atoms with E-state index in [0.717, 1.165) is 57.0 Å². The fourth-order valence-electron chi connectivity index (χ4n) is 12.1. The van der Waals surface area contributed by atoms with Crippen molar-refractivity contribution in [1.29, 1.82) is 0 Å². The second-order valence-corrected chi connectivity index (χ2v) is 18.2. The van der Waals surface area contributed by atoms with Gasteiger partial charge in [-0.3, -0.25) is 0 Å². The van der Waals surface area contributed by atoms with Gasteiger partial charge in [0, 0.05) is 51.7 Å². The van der Waals surface area contributed by atoms with E-state index in [1.54, 1.807) is 30.3 Å². The maximum atomic E-state index is 7.66. The molecule has 4 fully saturated rings. The van der Waals surface area contributed by atoms with E-state index in [9.17, 15) is 0 Å². The summed E-state index contributed by atoms with van der Waals surface area (Å²) in [5.74, 6) is 4.43. The van der Waals surface area contributed by atoms with E-state index in [1.165, 1.54) is 82.2 Å². The molecule has 7 aromatic rings. The topological polar surface area (TPSA) is 51.8 Å². The zero-order chi connectivity index (χ0) is 44.4. The first kappa shape index (κ1) is 33.3. The third-order valence-electron chi connectivity index (χ3n) is 15.2. The molecule has 5 heteroatoms. The molecular formula is C54H55IrN3O-2. The van der Waals surface area contributed by atoms with Crippen LogP contribution in [0.3, 0.4) is 0 Å². The van der Waals surface area contributed by atoms with Crippen LogP contribution in [0.5, 0.6) is 0 Å². The Balaban J connectivity index is 0.000000266. The van der Waals surface area contributed by atoms with Crippen LogP contribution in [0.15, 0.2) is 114 Å². The summed E-state index contributed by atoms with van der Waals surface area (Å²) in [5, 5.41) is 1.88. The Labute approximate surface area is 372 Å². The molecule has 4 aromatic heterocycles. The van der Waals surface area contributed by atoms with Gasteiger partial charge in [0.2, 0.25) is 5.71 Å². The fraction of sp³-hybridized carbons (Fsp3) is 0.389. The van der Waals surface area contributed by atoms with Crippen LogP contribution in [0.2, 0.25) is 0 Å². The average Bonchev–Trinajstić information content (AvgIpc) is 3.89. The van der Waals surface area contributed by atoms with Gasteiger partial charge < -0.3 is 14.4 Å². The Kier molecular flexibility index (Phi) is 9.14. The van der Waals surface area contributed by atoms with Crippen LogP contribution in [0.4, 0.5) is 0 Å². The molecule has 7 atom stereocenters. The Morgan fingerprint density at radius 2 is 1.49 bits per heavy atom. The smallest absolute Gasteiger partial charge is 0.216 e. The van der Waals surface area contributed by atoms with E-state index in [-0.39, 0.29) is 31.2 Å². The Hall–Kier alpha value is -4.44. The maximum absolute atomic E-state index is 7.66. The van der Waals surface area contributed by atoms with Gasteiger partial charge in [0.05, 0.1) is 11.3 Å². The molecule has 0 saturated heterocycles. The number of benzene rings is 3. The molecule has 4 aliphatic rings. The van der Waals surface area contributed by atoms with Crippen molar-refractivity contribution in [3.8, 4) is 33.8 Å². The number of nitrogens with zero attached hydrogens (tertiary/aromatic N) is 3. The van der Waals surface area contributed by atoms with Crippen molar-refractivity contribution < 1.29 is 32.7 Å². The number of pyridine rings is 3. The zero-order valence-corrected chi connectivity index (χ0v) is 36.3. The van der Waals surface area contributed by atoms with E-state index in [0.29, 0.717) is 39.3 Å². The van der Waals surface area contributed by atoms with Gasteiger partial charge in [-0.15, -0.1) is 54.1 Å². The number of rotatable bonds is 4. The molecule has 0 N–H and O–H groups in total. The molecule has 0 amide bonds. The van der Waals surface area contributed by atoms with Crippen LogP contribution in [-0.4, -0.2) is 15.0 Å². The average molecular weight is 960 g/mol. The number of aromatic nitrogens is 3. The summed E-state index contributed by atoms with van der Waals surface area (Å²) in [7, 11) is 0. The summed E-state index contributed by atoms with van der Waals surface area (Å²) in [6.07, 6.45) is 17.1. The second-order valence-electron chi connectivity index (χ2n) is 18.2. The van der Waals surface area contributed by atoms with Crippen LogP contribution in [0.1, 0.15) is 109 Å². The van der Waals surface area contributed by atoms with Gasteiger partial charge in [0.15, 0.2) is 0 Å². The number of fused-ring (bicyclic) bond motifs is 8. The molecule has 4 heterocycles. The van der Waals surface area contributed by atoms with Crippen molar-refractivity contribution in [2.24, 2.45) is 34.5 Å². The van der Waals surface area contributed by atoms with Crippen molar-refractivity contribution in [3.63, 3.8) is 0 Å². The largest absolute Gasteiger partial charge is 0.486 e. The van der Waals surface area contributed by atoms with Gasteiger partial charge in [-0.2, -0.15) is 0 Å². The number of hydrogen-bond donors (Lipinski definition) is 0. The molecule has 0 bridgehead atoms. The number of hydrogen-bond acceptors (Lipinski definition) is 4. The summed E-state index contributed by atoms with van der Waals surface area (Å²) in [5.41, 5.74) is 9.26. The van der Waals surface area contributed by atoms with Crippen molar-refractivity contribution >= 4 is 22.1 Å². The van der Waals surface area contributed by atoms with Gasteiger partial charge in [-0.25, -0.2) is 4.98 Å². The quantitative estimate of drug-likeness (QED) is 0.165. The maximum Gasteiger partial charge on any atom is 0.216 e. The predicted octanol–water partition coefficient (Wildman–Crippen LogP) is 14.2. The minimum Gasteiger partial charge on any atom is -0.486 e. The predicted molar refractivity (Wildman–Crippen MR) is 236 cm³/mol. The molecule has 59 heavy (non-hydrogen) atoms. The number of furan rings is 1. The van der Waals surface area contributed by atoms with Crippen molar-refractivity contribution in [2.75, 3.05) is 0 Å². The summed E-state index contributed by atoms with van der Waals surface area (Å²) >= 11 is 0. The standard InChI is InChI=1S/C42H45N2O.C12H10N.Ir/c1-26-9-17-38(43-25-26)34-7-4-6-31-32-16-18-37(44-40(32)45-39(31)34)28-12-10-27(11-13-28)29-19-23-42(3)30(24-29)14-15-33-35-8-5-21-41(35,2)22-20-36(33)42;1-10-7-8-12(13-9-10)11-5-3-2-4-6-11;/h4,6,9-13,16-18,25,29-30,33,35-36H,5,8,14-15,19-24H2,1-3H3;2-5,7-9H,1H3;/q2*-1;/t29?,30-,33-,35-,36-,41+,42-;;/m1../s1/i2*1D3;. The summed E-state index contributed by atoms with van der Waals surface area (Å²) < 4.78 is 51.0. The molecule has 0 aliphatic heterocycles. The monoisotopic (exact) mass is 960 g/mol. The Bertz CT molecular complexity index is 2770. The van der Waals surface area contributed by atoms with Crippen molar-refractivity contribution in [3.05, 3.63) is 138 Å². The van der Waals surface area contributed by atoms with Gasteiger partial charge >= 0.3 is 0 Å². The van der Waals surface area contributed by atoms with Crippen LogP contribution in [0.25, 0.3) is 55.8 Å². The van der Waals surface area contributed by atoms with Crippen molar-refractivity contribution in [1.82, 2.24) is 15.0 Å². The van der Waals surface area contributed by atoms with Crippen LogP contribution < -0.4 is 0 Å². The molecule has 3 aromatic carbocycles. The molecule has 4 aliphatic carbocycles. The van der Waals surface area contributed by atoms with Gasteiger partial charge in [-0.05, 0) is 152 Å². The molecule has 303 valence electrons. The molecule has 4 saturated carbocycles. The third-order valence-corrected chi connectivity index (χ3v) is 15.2. The Morgan fingerprint density at radius 1 is 0.695 bits per heavy atom. The van der Waals surface area contributed by atoms with Gasteiger partial charge in [0.1, 0.15) is 0 Å². The molecule has 0 spiro atoms. The molecule has 1 unspecified atom stereocenters. The minimum atomic E-state index is -2.19. The normalized spacial score (nSPS) is 29.1. The number of aryl methyl sites for hydroxylation is 2. The summed E-state index contributed by atoms with van der Waals surface area (Å²) in [4.78, 5) is 13.5. The van der Waals surface area contributed by atoms with Crippen LogP contribution in [0, 0.1) is 60.3 Å². The summed E-state index contributed by atoms with van der Waals surface area (Å²) in [6, 6.07) is 37.6. The van der Waals surface area contributed by atoms with Crippen LogP contribution in [-0.2, 0) is 20.1 Å². The second kappa shape index (κ2) is 16.2. The van der Waals surface area contributed by atoms with Crippen molar-refractivity contribution in [2.45, 2.75) is 97.7 Å². The third kappa shape index (κ3) is 7.42. The van der Waals surface area contributed by atoms with E-state index in [2.05, 4.69) is 72.3 Å². The van der Waals surface area contributed by atoms with Gasteiger partial charge in [-0.1, -0.05) is 79.7 Å². The van der Waals surface area contributed by atoms with E-state index >= 15 is 0 Å². The van der Waals surface area contributed by atoms with E-state index < -0.39 is 13.7 Å². The first-order chi connectivity index (χ1) is 30.7. The fourth-order valence-corrected chi connectivity index (χ4v) is 12.1. The molecule has 11 rings (SSSR count). The molecule has 4 nitrogen and oxygen atoms in total. The first-order valence-electron chi connectivity index (χ1n) is 24.4.